The number of nitrogens with two attached hydrogens (primary N) is 1. The SMILES string of the molecule is CCn1cncc1C[C@H](N)CO. The summed E-state index contributed by atoms with van der Waals surface area (Å²) in [6.07, 6.45) is 4.25. The Kier molecular flexibility index (Phi) is 3.25. The number of aliphatic hydroxyl groups is 1. The van der Waals surface area contributed by atoms with Gasteiger partial charge in [-0.15, -0.1) is 0 Å². The highest BCUT2D eigenvalue weighted by Gasteiger charge is 2.05. The lowest BCUT2D eigenvalue weighted by atomic mass is 10.2. The van der Waals surface area contributed by atoms with Crippen LogP contribution in [0.25, 0.3) is 0 Å². The lowest BCUT2D eigenvalue weighted by molar-refractivity contribution is 0.264. The van der Waals surface area contributed by atoms with E-state index in [1.165, 1.54) is 0 Å². The van der Waals surface area contributed by atoms with Crippen LogP contribution in [0.5, 0.6) is 0 Å². The molecule has 0 bridgehead atoms. The zero-order valence-corrected chi connectivity index (χ0v) is 7.27. The van der Waals surface area contributed by atoms with E-state index < -0.39 is 0 Å². The summed E-state index contributed by atoms with van der Waals surface area (Å²) in [5, 5.41) is 8.74. The highest BCUT2D eigenvalue weighted by molar-refractivity contribution is 5.00. The highest BCUT2D eigenvalue weighted by Crippen LogP contribution is 2.01. The minimum absolute atomic E-state index is 0.0227. The van der Waals surface area contributed by atoms with E-state index in [9.17, 15) is 0 Å². The van der Waals surface area contributed by atoms with Crippen LogP contribution in [-0.4, -0.2) is 27.3 Å². The van der Waals surface area contributed by atoms with Gasteiger partial charge in [0.1, 0.15) is 0 Å². The molecule has 0 aliphatic rings. The molecule has 0 fully saturated rings. The molecule has 4 heteroatoms. The summed E-state index contributed by atoms with van der Waals surface area (Å²) < 4.78 is 2.02. The van der Waals surface area contributed by atoms with Gasteiger partial charge in [-0.1, -0.05) is 0 Å². The van der Waals surface area contributed by atoms with Gasteiger partial charge in [0, 0.05) is 30.9 Å². The molecule has 12 heavy (non-hydrogen) atoms. The zero-order valence-electron chi connectivity index (χ0n) is 7.27. The van der Waals surface area contributed by atoms with Crippen molar-refractivity contribution in [1.29, 1.82) is 0 Å². The Balaban J connectivity index is 2.61. The first-order chi connectivity index (χ1) is 5.77. The predicted octanol–water partition coefficient (Wildman–Crippen LogP) is -0.235. The third kappa shape index (κ3) is 2.06. The maximum atomic E-state index is 8.74. The number of rotatable bonds is 4. The Hall–Kier alpha value is -0.870. The summed E-state index contributed by atoms with van der Waals surface area (Å²) in [6.45, 7) is 2.97. The number of aromatic nitrogens is 2. The van der Waals surface area contributed by atoms with Gasteiger partial charge >= 0.3 is 0 Å². The molecular weight excluding hydrogens is 154 g/mol. The Bertz CT molecular complexity index is 234. The van der Waals surface area contributed by atoms with Gasteiger partial charge in [0.05, 0.1) is 12.9 Å². The van der Waals surface area contributed by atoms with Crippen LogP contribution in [0.15, 0.2) is 12.5 Å². The van der Waals surface area contributed by atoms with Crippen LogP contribution in [0.1, 0.15) is 12.6 Å². The molecular formula is C8H15N3O. The van der Waals surface area contributed by atoms with E-state index in [2.05, 4.69) is 11.9 Å². The van der Waals surface area contributed by atoms with E-state index in [0.717, 1.165) is 12.2 Å². The monoisotopic (exact) mass is 169 g/mol. The largest absolute Gasteiger partial charge is 0.395 e. The molecule has 0 saturated heterocycles. The third-order valence-corrected chi connectivity index (χ3v) is 1.85. The zero-order chi connectivity index (χ0) is 8.97. The van der Waals surface area contributed by atoms with E-state index in [0.29, 0.717) is 6.42 Å². The van der Waals surface area contributed by atoms with Gasteiger partial charge in [0.2, 0.25) is 0 Å². The molecule has 1 aromatic heterocycles. The van der Waals surface area contributed by atoms with Crippen LogP contribution in [-0.2, 0) is 13.0 Å². The van der Waals surface area contributed by atoms with Crippen molar-refractivity contribution >= 4 is 0 Å². The average molecular weight is 169 g/mol. The second-order valence-corrected chi connectivity index (χ2v) is 2.82. The Labute approximate surface area is 72.0 Å². The fraction of sp³-hybridized carbons (Fsp3) is 0.625. The first-order valence-corrected chi connectivity index (χ1v) is 4.13. The fourth-order valence-corrected chi connectivity index (χ4v) is 1.14. The molecule has 0 saturated carbocycles. The number of aryl methyl sites for hydroxylation is 1. The van der Waals surface area contributed by atoms with E-state index in [4.69, 9.17) is 10.8 Å². The van der Waals surface area contributed by atoms with Crippen molar-refractivity contribution in [3.63, 3.8) is 0 Å². The molecule has 0 aliphatic carbocycles. The van der Waals surface area contributed by atoms with Gasteiger partial charge in [0.15, 0.2) is 0 Å². The summed E-state index contributed by atoms with van der Waals surface area (Å²) in [7, 11) is 0. The summed E-state index contributed by atoms with van der Waals surface area (Å²) in [5.41, 5.74) is 6.68. The molecule has 1 atom stereocenters. The first-order valence-electron chi connectivity index (χ1n) is 4.13. The molecule has 0 aliphatic heterocycles. The lowest BCUT2D eigenvalue weighted by Gasteiger charge is -2.09. The molecule has 0 aromatic carbocycles. The van der Waals surface area contributed by atoms with Gasteiger partial charge in [-0.25, -0.2) is 4.98 Å². The standard InChI is InChI=1S/C8H15N3O/c1-2-11-6-10-4-8(11)3-7(9)5-12/h4,6-7,12H,2-3,5,9H2,1H3/t7-/m0/s1. The third-order valence-electron chi connectivity index (χ3n) is 1.85. The predicted molar refractivity (Wildman–Crippen MR) is 46.7 cm³/mol. The molecule has 1 heterocycles. The molecule has 1 rings (SSSR count). The van der Waals surface area contributed by atoms with Crippen molar-refractivity contribution in [3.05, 3.63) is 18.2 Å². The second kappa shape index (κ2) is 4.23. The maximum absolute atomic E-state index is 8.74. The first kappa shape index (κ1) is 9.22. The van der Waals surface area contributed by atoms with Crippen molar-refractivity contribution in [1.82, 2.24) is 9.55 Å². The maximum Gasteiger partial charge on any atom is 0.0948 e. The summed E-state index contributed by atoms with van der Waals surface area (Å²) in [6, 6.07) is -0.174. The number of aliphatic hydroxyl groups excluding tert-OH is 1. The second-order valence-electron chi connectivity index (χ2n) is 2.82. The fourth-order valence-electron chi connectivity index (χ4n) is 1.14. The molecule has 3 N–H and O–H groups in total. The molecule has 0 amide bonds. The molecule has 0 spiro atoms. The van der Waals surface area contributed by atoms with Crippen LogP contribution >= 0.6 is 0 Å². The Morgan fingerprint density at radius 3 is 3.08 bits per heavy atom. The number of hydrogen-bond donors (Lipinski definition) is 2. The minimum Gasteiger partial charge on any atom is -0.395 e. The smallest absolute Gasteiger partial charge is 0.0948 e. The Morgan fingerprint density at radius 2 is 2.50 bits per heavy atom. The summed E-state index contributed by atoms with van der Waals surface area (Å²) in [4.78, 5) is 4.01. The van der Waals surface area contributed by atoms with Crippen molar-refractivity contribution < 1.29 is 5.11 Å². The van der Waals surface area contributed by atoms with Gasteiger partial charge < -0.3 is 15.4 Å². The number of imidazole rings is 1. The van der Waals surface area contributed by atoms with Crippen molar-refractivity contribution in [2.24, 2.45) is 5.73 Å². The van der Waals surface area contributed by atoms with Crippen LogP contribution in [0.4, 0.5) is 0 Å². The summed E-state index contributed by atoms with van der Waals surface area (Å²) in [5.74, 6) is 0. The molecule has 1 aromatic rings. The Morgan fingerprint density at radius 1 is 1.75 bits per heavy atom. The number of hydrogen-bond acceptors (Lipinski definition) is 3. The quantitative estimate of drug-likeness (QED) is 0.654. The normalized spacial score (nSPS) is 13.2. The van der Waals surface area contributed by atoms with E-state index >= 15 is 0 Å². The van der Waals surface area contributed by atoms with Crippen molar-refractivity contribution in [3.8, 4) is 0 Å². The number of nitrogens with zero attached hydrogens (tertiary/aromatic N) is 2. The molecule has 0 radical (unpaired) electrons. The van der Waals surface area contributed by atoms with Gasteiger partial charge in [-0.3, -0.25) is 0 Å². The van der Waals surface area contributed by atoms with Crippen molar-refractivity contribution in [2.75, 3.05) is 6.61 Å². The topological polar surface area (TPSA) is 64.1 Å². The van der Waals surface area contributed by atoms with Crippen LogP contribution in [0.2, 0.25) is 0 Å². The van der Waals surface area contributed by atoms with Crippen LogP contribution < -0.4 is 5.73 Å². The van der Waals surface area contributed by atoms with Gasteiger partial charge in [0.25, 0.3) is 0 Å². The summed E-state index contributed by atoms with van der Waals surface area (Å²) >= 11 is 0. The van der Waals surface area contributed by atoms with Crippen LogP contribution in [0.3, 0.4) is 0 Å². The highest BCUT2D eigenvalue weighted by atomic mass is 16.3. The van der Waals surface area contributed by atoms with E-state index in [1.54, 1.807) is 12.5 Å². The molecule has 4 nitrogen and oxygen atoms in total. The average Bonchev–Trinajstić information content (AvgIpc) is 2.51. The van der Waals surface area contributed by atoms with Crippen molar-refractivity contribution in [2.45, 2.75) is 25.9 Å². The minimum atomic E-state index is -0.174. The lowest BCUT2D eigenvalue weighted by Crippen LogP contribution is -2.27. The molecule has 68 valence electrons. The van der Waals surface area contributed by atoms with Gasteiger partial charge in [-0.05, 0) is 6.92 Å². The van der Waals surface area contributed by atoms with Crippen LogP contribution in [0, 0.1) is 0 Å². The van der Waals surface area contributed by atoms with E-state index in [1.807, 2.05) is 4.57 Å². The van der Waals surface area contributed by atoms with E-state index in [-0.39, 0.29) is 12.6 Å². The van der Waals surface area contributed by atoms with Gasteiger partial charge in [-0.2, -0.15) is 0 Å². The molecule has 0 unspecified atom stereocenters.